The monoisotopic (exact) mass is 423 g/mol. The minimum atomic E-state index is -0.0350. The second-order valence-electron chi connectivity index (χ2n) is 6.66. The largest absolute Gasteiger partial charge is 0.325 e. The highest BCUT2D eigenvalue weighted by atomic mass is 35.5. The number of anilines is 1. The van der Waals surface area contributed by atoms with Crippen molar-refractivity contribution in [3.05, 3.63) is 90.0 Å². The van der Waals surface area contributed by atoms with Gasteiger partial charge in [0, 0.05) is 5.69 Å². The second-order valence-corrected chi connectivity index (χ2v) is 7.60. The van der Waals surface area contributed by atoms with Gasteiger partial charge in [0.2, 0.25) is 5.91 Å². The number of aromatic nitrogens is 2. The Kier molecular flexibility index (Phi) is 6.96. The van der Waals surface area contributed by atoms with E-state index >= 15 is 0 Å². The molecule has 4 aromatic rings. The number of aryl methyl sites for hydroxylation is 1. The van der Waals surface area contributed by atoms with Crippen LogP contribution in [0.4, 0.5) is 5.69 Å². The number of nitrogens with one attached hydrogen (secondary N) is 1. The summed E-state index contributed by atoms with van der Waals surface area (Å²) in [4.78, 5) is 17.1. The molecule has 0 saturated carbocycles. The normalized spacial score (nSPS) is 10.5. The Balaban J connectivity index is 0.00000240. The van der Waals surface area contributed by atoms with Gasteiger partial charge in [-0.15, -0.1) is 12.4 Å². The maximum absolute atomic E-state index is 12.4. The summed E-state index contributed by atoms with van der Waals surface area (Å²) in [5.41, 5.74) is 5.21. The molecule has 6 heteroatoms. The molecule has 148 valence electrons. The topological polar surface area (TPSA) is 46.9 Å². The maximum atomic E-state index is 12.4. The van der Waals surface area contributed by atoms with Crippen LogP contribution in [0.1, 0.15) is 11.1 Å². The Bertz CT molecular complexity index is 1090. The molecule has 0 aliphatic rings. The fourth-order valence-corrected chi connectivity index (χ4v) is 3.86. The number of halogens is 1. The van der Waals surface area contributed by atoms with Crippen molar-refractivity contribution < 1.29 is 4.79 Å². The molecule has 0 unspecified atom stereocenters. The smallest absolute Gasteiger partial charge is 0.234 e. The fraction of sp³-hybridized carbons (Fsp3) is 0.130. The molecule has 1 amide bonds. The van der Waals surface area contributed by atoms with E-state index in [9.17, 15) is 4.79 Å². The number of amides is 1. The summed E-state index contributed by atoms with van der Waals surface area (Å²) in [6.07, 6.45) is 0. The summed E-state index contributed by atoms with van der Waals surface area (Å²) in [6.45, 7) is 2.75. The van der Waals surface area contributed by atoms with E-state index in [2.05, 4.69) is 28.1 Å². The second kappa shape index (κ2) is 9.63. The Morgan fingerprint density at radius 2 is 1.66 bits per heavy atom. The molecule has 4 rings (SSSR count). The van der Waals surface area contributed by atoms with Crippen LogP contribution >= 0.6 is 24.2 Å². The number of fused-ring (bicyclic) bond motifs is 1. The summed E-state index contributed by atoms with van der Waals surface area (Å²) in [7, 11) is 0. The lowest BCUT2D eigenvalue weighted by atomic mass is 10.2. The number of hydrogen-bond acceptors (Lipinski definition) is 3. The van der Waals surface area contributed by atoms with Gasteiger partial charge in [-0.25, -0.2) is 4.98 Å². The van der Waals surface area contributed by atoms with Gasteiger partial charge < -0.3 is 9.88 Å². The van der Waals surface area contributed by atoms with Crippen molar-refractivity contribution in [3.63, 3.8) is 0 Å². The number of carbonyl (C=O) groups is 1. The van der Waals surface area contributed by atoms with Crippen molar-refractivity contribution in [2.75, 3.05) is 11.1 Å². The van der Waals surface area contributed by atoms with E-state index in [1.807, 2.05) is 67.6 Å². The highest BCUT2D eigenvalue weighted by molar-refractivity contribution is 7.99. The molecule has 1 heterocycles. The van der Waals surface area contributed by atoms with Crippen molar-refractivity contribution in [2.45, 2.75) is 18.6 Å². The molecule has 0 bridgehead atoms. The third kappa shape index (κ3) is 5.19. The number of imidazole rings is 1. The third-order valence-electron chi connectivity index (χ3n) is 4.47. The lowest BCUT2D eigenvalue weighted by molar-refractivity contribution is -0.113. The first-order valence-corrected chi connectivity index (χ1v) is 10.2. The van der Waals surface area contributed by atoms with Gasteiger partial charge in [0.05, 0.1) is 23.3 Å². The van der Waals surface area contributed by atoms with Gasteiger partial charge in [-0.2, -0.15) is 0 Å². The first-order valence-electron chi connectivity index (χ1n) is 9.17. The molecule has 0 atom stereocenters. The van der Waals surface area contributed by atoms with Crippen LogP contribution in [-0.4, -0.2) is 21.2 Å². The van der Waals surface area contributed by atoms with Crippen LogP contribution in [0, 0.1) is 6.92 Å². The summed E-state index contributed by atoms with van der Waals surface area (Å²) < 4.78 is 2.18. The summed E-state index contributed by atoms with van der Waals surface area (Å²) in [5, 5.41) is 3.80. The van der Waals surface area contributed by atoms with Crippen LogP contribution in [0.25, 0.3) is 11.0 Å². The van der Waals surface area contributed by atoms with E-state index in [1.165, 1.54) is 22.9 Å². The van der Waals surface area contributed by atoms with Crippen LogP contribution < -0.4 is 5.32 Å². The first kappa shape index (κ1) is 21.0. The van der Waals surface area contributed by atoms with E-state index in [0.29, 0.717) is 5.75 Å². The van der Waals surface area contributed by atoms with Gasteiger partial charge in [-0.3, -0.25) is 4.79 Å². The van der Waals surface area contributed by atoms with Gasteiger partial charge in [-0.1, -0.05) is 71.9 Å². The molecule has 29 heavy (non-hydrogen) atoms. The Morgan fingerprint density at radius 1 is 0.966 bits per heavy atom. The Labute approximate surface area is 180 Å². The summed E-state index contributed by atoms with van der Waals surface area (Å²) >= 11 is 1.46. The summed E-state index contributed by atoms with van der Waals surface area (Å²) in [6, 6.07) is 26.2. The zero-order valence-corrected chi connectivity index (χ0v) is 17.7. The fourth-order valence-electron chi connectivity index (χ4n) is 3.05. The highest BCUT2D eigenvalue weighted by Gasteiger charge is 2.13. The molecule has 0 aliphatic heterocycles. The van der Waals surface area contributed by atoms with Gasteiger partial charge >= 0.3 is 0 Å². The third-order valence-corrected chi connectivity index (χ3v) is 5.45. The molecule has 0 spiro atoms. The van der Waals surface area contributed by atoms with Crippen LogP contribution in [0.15, 0.2) is 84.0 Å². The molecule has 3 aromatic carbocycles. The zero-order chi connectivity index (χ0) is 19.3. The van der Waals surface area contributed by atoms with Gasteiger partial charge in [-0.05, 0) is 36.8 Å². The van der Waals surface area contributed by atoms with Crippen LogP contribution in [-0.2, 0) is 11.3 Å². The van der Waals surface area contributed by atoms with Crippen molar-refractivity contribution in [1.29, 1.82) is 0 Å². The van der Waals surface area contributed by atoms with Crippen LogP contribution in [0.2, 0.25) is 0 Å². The highest BCUT2D eigenvalue weighted by Crippen LogP contribution is 2.25. The van der Waals surface area contributed by atoms with Crippen molar-refractivity contribution in [3.8, 4) is 0 Å². The average Bonchev–Trinajstić information content (AvgIpc) is 3.06. The SMILES string of the molecule is Cc1ccc(NC(=O)CSc2nc3ccccc3n2Cc2ccccc2)cc1.Cl. The summed E-state index contributed by atoms with van der Waals surface area (Å²) in [5.74, 6) is 0.276. The van der Waals surface area contributed by atoms with E-state index in [4.69, 9.17) is 4.98 Å². The number of hydrogen-bond donors (Lipinski definition) is 1. The molecule has 0 saturated heterocycles. The number of carbonyl (C=O) groups excluding carboxylic acids is 1. The molecule has 1 N–H and O–H groups in total. The van der Waals surface area contributed by atoms with E-state index in [0.717, 1.165) is 28.4 Å². The minimum absolute atomic E-state index is 0. The number of nitrogens with zero attached hydrogens (tertiary/aromatic N) is 2. The number of benzene rings is 3. The number of rotatable bonds is 6. The predicted molar refractivity (Wildman–Crippen MR) is 123 cm³/mol. The van der Waals surface area contributed by atoms with Gasteiger partial charge in [0.15, 0.2) is 5.16 Å². The van der Waals surface area contributed by atoms with E-state index in [1.54, 1.807) is 0 Å². The van der Waals surface area contributed by atoms with E-state index < -0.39 is 0 Å². The van der Waals surface area contributed by atoms with E-state index in [-0.39, 0.29) is 18.3 Å². The standard InChI is InChI=1S/C23H21N3OS.ClH/c1-17-11-13-19(14-12-17)24-22(27)16-28-23-25-20-9-5-6-10-21(20)26(23)15-18-7-3-2-4-8-18;/h2-14H,15-16H2,1H3,(H,24,27);1H. The molecular weight excluding hydrogens is 402 g/mol. The molecule has 4 nitrogen and oxygen atoms in total. The Hall–Kier alpha value is -2.76. The predicted octanol–water partition coefficient (Wildman–Crippen LogP) is 5.55. The maximum Gasteiger partial charge on any atom is 0.234 e. The van der Waals surface area contributed by atoms with Crippen molar-refractivity contribution >= 4 is 46.8 Å². The molecule has 1 aromatic heterocycles. The quantitative estimate of drug-likeness (QED) is 0.414. The van der Waals surface area contributed by atoms with Crippen molar-refractivity contribution in [1.82, 2.24) is 9.55 Å². The number of thioether (sulfide) groups is 1. The molecule has 0 aliphatic carbocycles. The average molecular weight is 424 g/mol. The molecule has 0 fully saturated rings. The lowest BCUT2D eigenvalue weighted by Gasteiger charge is -2.09. The lowest BCUT2D eigenvalue weighted by Crippen LogP contribution is -2.14. The first-order chi connectivity index (χ1) is 13.7. The molecular formula is C23H22ClN3OS. The minimum Gasteiger partial charge on any atom is -0.325 e. The zero-order valence-electron chi connectivity index (χ0n) is 16.0. The van der Waals surface area contributed by atoms with Crippen LogP contribution in [0.5, 0.6) is 0 Å². The van der Waals surface area contributed by atoms with Gasteiger partial charge in [0.1, 0.15) is 0 Å². The molecule has 0 radical (unpaired) electrons. The van der Waals surface area contributed by atoms with Crippen molar-refractivity contribution in [2.24, 2.45) is 0 Å². The number of para-hydroxylation sites is 2. The van der Waals surface area contributed by atoms with Gasteiger partial charge in [0.25, 0.3) is 0 Å². The Morgan fingerprint density at radius 3 is 2.41 bits per heavy atom. The van der Waals surface area contributed by atoms with Crippen LogP contribution in [0.3, 0.4) is 0 Å².